The fourth-order valence-electron chi connectivity index (χ4n) is 4.00. The van der Waals surface area contributed by atoms with Crippen molar-refractivity contribution in [1.29, 1.82) is 0 Å². The van der Waals surface area contributed by atoms with E-state index in [2.05, 4.69) is 36.4 Å². The van der Waals surface area contributed by atoms with Gasteiger partial charge in [-0.25, -0.2) is 8.78 Å². The number of halogens is 2. The molecule has 9 heteroatoms. The highest BCUT2D eigenvalue weighted by Crippen LogP contribution is 2.27. The van der Waals surface area contributed by atoms with Crippen LogP contribution in [0.15, 0.2) is 49.1 Å². The first-order valence-corrected chi connectivity index (χ1v) is 10.3. The molecule has 5 rings (SSSR count). The van der Waals surface area contributed by atoms with E-state index >= 15 is 0 Å². The van der Waals surface area contributed by atoms with Gasteiger partial charge in [-0.05, 0) is 55.3 Å². The molecule has 0 radical (unpaired) electrons. The van der Waals surface area contributed by atoms with Crippen molar-refractivity contribution >= 4 is 22.5 Å². The van der Waals surface area contributed by atoms with Gasteiger partial charge in [-0.1, -0.05) is 6.07 Å². The molecule has 0 bridgehead atoms. The lowest BCUT2D eigenvalue weighted by molar-refractivity contribution is 0.102. The summed E-state index contributed by atoms with van der Waals surface area (Å²) >= 11 is 0. The number of carbonyl (C=O) groups is 1. The van der Waals surface area contributed by atoms with Gasteiger partial charge in [0.2, 0.25) is 0 Å². The Kier molecular flexibility index (Phi) is 5.32. The van der Waals surface area contributed by atoms with E-state index in [0.717, 1.165) is 48.7 Å². The average molecular weight is 434 g/mol. The minimum absolute atomic E-state index is 0.0404. The number of carbonyl (C=O) groups excluding carboxylic acids is 1. The molecule has 1 aliphatic rings. The minimum Gasteiger partial charge on any atom is -0.316 e. The van der Waals surface area contributed by atoms with Crippen LogP contribution in [-0.2, 0) is 6.54 Å². The zero-order valence-corrected chi connectivity index (χ0v) is 17.1. The Bertz CT molecular complexity index is 1280. The summed E-state index contributed by atoms with van der Waals surface area (Å²) in [5.74, 6) is -2.64. The van der Waals surface area contributed by atoms with Gasteiger partial charge in [0.15, 0.2) is 17.3 Å². The molecule has 3 aromatic heterocycles. The van der Waals surface area contributed by atoms with Crippen LogP contribution in [0.1, 0.15) is 28.9 Å². The van der Waals surface area contributed by atoms with Crippen molar-refractivity contribution in [2.45, 2.75) is 19.4 Å². The molecule has 32 heavy (non-hydrogen) atoms. The lowest BCUT2D eigenvalue weighted by Crippen LogP contribution is -2.18. The van der Waals surface area contributed by atoms with Crippen molar-refractivity contribution in [1.82, 2.24) is 25.1 Å². The van der Waals surface area contributed by atoms with Crippen molar-refractivity contribution < 1.29 is 13.6 Å². The van der Waals surface area contributed by atoms with Crippen LogP contribution in [0.3, 0.4) is 0 Å². The van der Waals surface area contributed by atoms with E-state index < -0.39 is 23.2 Å². The van der Waals surface area contributed by atoms with E-state index in [1.165, 1.54) is 12.8 Å². The van der Waals surface area contributed by atoms with Crippen molar-refractivity contribution in [2.24, 2.45) is 0 Å². The third kappa shape index (κ3) is 3.94. The maximum absolute atomic E-state index is 13.9. The molecule has 1 amide bonds. The number of fused-ring (bicyclic) bond motifs is 1. The fourth-order valence-corrected chi connectivity index (χ4v) is 4.00. The van der Waals surface area contributed by atoms with Crippen LogP contribution in [0, 0.1) is 11.6 Å². The zero-order valence-electron chi connectivity index (χ0n) is 17.1. The molecule has 1 fully saturated rings. The predicted octanol–water partition coefficient (Wildman–Crippen LogP) is 4.15. The van der Waals surface area contributed by atoms with E-state index in [9.17, 15) is 13.6 Å². The van der Waals surface area contributed by atoms with Crippen LogP contribution in [-0.4, -0.2) is 44.1 Å². The number of nitrogens with zero attached hydrogens (tertiary/aromatic N) is 4. The van der Waals surface area contributed by atoms with E-state index in [1.54, 1.807) is 6.20 Å². The van der Waals surface area contributed by atoms with Gasteiger partial charge < -0.3 is 5.32 Å². The van der Waals surface area contributed by atoms with Crippen LogP contribution < -0.4 is 5.32 Å². The summed E-state index contributed by atoms with van der Waals surface area (Å²) in [5.41, 5.74) is 3.02. The van der Waals surface area contributed by atoms with E-state index in [-0.39, 0.29) is 5.69 Å². The second kappa shape index (κ2) is 8.43. The predicted molar refractivity (Wildman–Crippen MR) is 116 cm³/mol. The van der Waals surface area contributed by atoms with Crippen molar-refractivity contribution in [3.05, 3.63) is 71.9 Å². The van der Waals surface area contributed by atoms with Gasteiger partial charge in [-0.2, -0.15) is 5.10 Å². The summed E-state index contributed by atoms with van der Waals surface area (Å²) in [7, 11) is 0. The molecule has 1 saturated heterocycles. The molecule has 2 N–H and O–H groups in total. The summed E-state index contributed by atoms with van der Waals surface area (Å²) in [5, 5.41) is 9.64. The monoisotopic (exact) mass is 434 g/mol. The number of rotatable bonds is 5. The summed E-state index contributed by atoms with van der Waals surface area (Å²) in [6.45, 7) is 3.05. The normalized spacial score (nSPS) is 14.2. The topological polar surface area (TPSA) is 86.8 Å². The van der Waals surface area contributed by atoms with Crippen molar-refractivity contribution in [3.63, 3.8) is 0 Å². The first-order chi connectivity index (χ1) is 15.6. The second-order valence-electron chi connectivity index (χ2n) is 7.83. The Hall–Kier alpha value is -3.72. The molecule has 0 saturated carbocycles. The molecule has 0 unspecified atom stereocenters. The van der Waals surface area contributed by atoms with Crippen molar-refractivity contribution in [2.75, 3.05) is 18.4 Å². The average Bonchev–Trinajstić information content (AvgIpc) is 3.46. The molecule has 1 aliphatic heterocycles. The smallest absolute Gasteiger partial charge is 0.276 e. The number of nitrogens with one attached hydrogen (secondary N) is 2. The largest absolute Gasteiger partial charge is 0.316 e. The van der Waals surface area contributed by atoms with E-state index in [0.29, 0.717) is 10.9 Å². The van der Waals surface area contributed by atoms with Crippen LogP contribution in [0.2, 0.25) is 0 Å². The Balaban J connectivity index is 1.44. The van der Waals surface area contributed by atoms with Gasteiger partial charge in [0, 0.05) is 29.9 Å². The summed E-state index contributed by atoms with van der Waals surface area (Å²) < 4.78 is 27.8. The molecule has 1 aromatic carbocycles. The number of aromatic nitrogens is 4. The number of pyridine rings is 2. The molecule has 0 spiro atoms. The number of amides is 1. The number of benzene rings is 1. The first-order valence-electron chi connectivity index (χ1n) is 10.3. The zero-order chi connectivity index (χ0) is 22.1. The van der Waals surface area contributed by atoms with Crippen LogP contribution in [0.5, 0.6) is 0 Å². The van der Waals surface area contributed by atoms with Gasteiger partial charge in [0.05, 0.1) is 17.9 Å². The second-order valence-corrected chi connectivity index (χ2v) is 7.83. The third-order valence-corrected chi connectivity index (χ3v) is 5.60. The molecular formula is C23H20F2N6O. The number of H-pyrrole nitrogens is 1. The molecule has 4 heterocycles. The van der Waals surface area contributed by atoms with Gasteiger partial charge in [-0.15, -0.1) is 0 Å². The lowest BCUT2D eigenvalue weighted by atomic mass is 10.0. The minimum atomic E-state index is -0.959. The number of likely N-dealkylation sites (tertiary alicyclic amines) is 1. The maximum atomic E-state index is 13.9. The number of hydrogen-bond donors (Lipinski definition) is 2. The summed E-state index contributed by atoms with van der Waals surface area (Å²) in [6.07, 6.45) is 7.76. The molecule has 7 nitrogen and oxygen atoms in total. The maximum Gasteiger partial charge on any atom is 0.276 e. The standard InChI is InChI=1S/C23H20F2N6O/c24-18-11-27-12-19(25)22(18)28-23(32)21-17-8-15(3-4-20(17)29-30-21)16-7-14(9-26-10-16)13-31-5-1-2-6-31/h3-4,7-12H,1-2,5-6,13H2,(H,29,30)(H,27,28,32). The van der Waals surface area contributed by atoms with E-state index in [4.69, 9.17) is 0 Å². The molecule has 0 atom stereocenters. The first kappa shape index (κ1) is 20.2. The Morgan fingerprint density at radius 1 is 1.00 bits per heavy atom. The SMILES string of the molecule is O=C(Nc1c(F)cncc1F)c1n[nH]c2ccc(-c3cncc(CN4CCCC4)c3)cc12. The third-order valence-electron chi connectivity index (χ3n) is 5.60. The molecule has 4 aromatic rings. The summed E-state index contributed by atoms with van der Waals surface area (Å²) in [6, 6.07) is 7.65. The Morgan fingerprint density at radius 2 is 1.75 bits per heavy atom. The highest BCUT2D eigenvalue weighted by Gasteiger charge is 2.19. The van der Waals surface area contributed by atoms with Gasteiger partial charge >= 0.3 is 0 Å². The molecule has 0 aliphatic carbocycles. The Morgan fingerprint density at radius 3 is 2.53 bits per heavy atom. The molecule has 162 valence electrons. The van der Waals surface area contributed by atoms with Crippen molar-refractivity contribution in [3.8, 4) is 11.1 Å². The quantitative estimate of drug-likeness (QED) is 0.493. The van der Waals surface area contributed by atoms with E-state index in [1.807, 2.05) is 24.4 Å². The van der Waals surface area contributed by atoms with Gasteiger partial charge in [0.25, 0.3) is 5.91 Å². The van der Waals surface area contributed by atoms with Crippen LogP contribution in [0.25, 0.3) is 22.0 Å². The summed E-state index contributed by atoms with van der Waals surface area (Å²) in [4.78, 5) is 22.9. The van der Waals surface area contributed by atoms with Crippen LogP contribution in [0.4, 0.5) is 14.5 Å². The molecular weight excluding hydrogens is 414 g/mol. The van der Waals surface area contributed by atoms with Gasteiger partial charge in [0.1, 0.15) is 5.69 Å². The fraction of sp³-hybridized carbons (Fsp3) is 0.217. The Labute approximate surface area is 182 Å². The number of anilines is 1. The number of aromatic amines is 1. The van der Waals surface area contributed by atoms with Gasteiger partial charge in [-0.3, -0.25) is 24.8 Å². The van der Waals surface area contributed by atoms with Crippen LogP contribution >= 0.6 is 0 Å². The lowest BCUT2D eigenvalue weighted by Gasteiger charge is -2.14. The highest BCUT2D eigenvalue weighted by molar-refractivity contribution is 6.11. The highest BCUT2D eigenvalue weighted by atomic mass is 19.1. The number of hydrogen-bond acceptors (Lipinski definition) is 5.